The van der Waals surface area contributed by atoms with Gasteiger partial charge in [-0.3, -0.25) is 9.59 Å². The molecule has 322 valence electrons. The van der Waals surface area contributed by atoms with Gasteiger partial charge in [-0.25, -0.2) is 4.98 Å². The predicted octanol–water partition coefficient (Wildman–Crippen LogP) is 8.85. The maximum atomic E-state index is 12.9. The lowest BCUT2D eigenvalue weighted by molar-refractivity contribution is -0.166. The van der Waals surface area contributed by atoms with E-state index < -0.39 is 11.5 Å². The number of carbonyl (C=O) groups excluding carboxylic acids is 2. The van der Waals surface area contributed by atoms with E-state index in [0.29, 0.717) is 47.4 Å². The van der Waals surface area contributed by atoms with Crippen LogP contribution >= 0.6 is 11.6 Å². The van der Waals surface area contributed by atoms with E-state index in [4.69, 9.17) is 21.1 Å². The lowest BCUT2D eigenvalue weighted by Crippen LogP contribution is -2.43. The molecule has 3 aliphatic rings. The Morgan fingerprint density at radius 1 is 1.07 bits per heavy atom. The molecule has 3 heterocycles. The van der Waals surface area contributed by atoms with Gasteiger partial charge in [-0.15, -0.1) is 10.2 Å². The topological polar surface area (TPSA) is 165 Å². The lowest BCUT2D eigenvalue weighted by atomic mass is 9.65. The number of benzene rings is 2. The summed E-state index contributed by atoms with van der Waals surface area (Å²) in [5, 5.41) is 34.5. The summed E-state index contributed by atoms with van der Waals surface area (Å²) in [7, 11) is 0. The molecule has 1 aliphatic heterocycles. The number of aliphatic hydroxyl groups excluding tert-OH is 2. The second-order valence-corrected chi connectivity index (χ2v) is 17.7. The molecule has 0 saturated carbocycles. The first-order valence-corrected chi connectivity index (χ1v) is 21.9. The Morgan fingerprint density at radius 3 is 2.48 bits per heavy atom. The van der Waals surface area contributed by atoms with Gasteiger partial charge >= 0.3 is 11.9 Å². The van der Waals surface area contributed by atoms with Crippen LogP contribution in [0.2, 0.25) is 5.15 Å². The summed E-state index contributed by atoms with van der Waals surface area (Å²) in [5.74, 6) is 2.26. The molecule has 60 heavy (non-hydrogen) atoms. The van der Waals surface area contributed by atoms with Gasteiger partial charge in [0.05, 0.1) is 30.2 Å². The fourth-order valence-electron chi connectivity index (χ4n) is 8.63. The number of rotatable bonds is 14. The number of tetrazole rings is 1. The zero-order chi connectivity index (χ0) is 43.0. The van der Waals surface area contributed by atoms with Crippen LogP contribution in [0.4, 0.5) is 0 Å². The number of H-pyrrole nitrogens is 1. The normalized spacial score (nSPS) is 23.9. The molecule has 2 aromatic carbocycles. The number of nitrogens with zero attached hydrogens (tertiary/aromatic N) is 5. The molecule has 12 nitrogen and oxygen atoms in total. The molecule has 7 atom stereocenters. The smallest absolute Gasteiger partial charge is 0.311 e. The number of fused-ring (bicyclic) bond motifs is 1. The second kappa shape index (κ2) is 20.3. The highest BCUT2D eigenvalue weighted by atomic mass is 35.5. The highest BCUT2D eigenvalue weighted by Crippen LogP contribution is 2.46. The van der Waals surface area contributed by atoms with Crippen molar-refractivity contribution in [2.24, 2.45) is 29.1 Å². The molecule has 0 radical (unpaired) electrons. The molecule has 1 fully saturated rings. The summed E-state index contributed by atoms with van der Waals surface area (Å²) < 4.78 is 13.7. The second-order valence-electron chi connectivity index (χ2n) is 17.3. The number of aliphatic hydroxyl groups is 2. The molecule has 0 unspecified atom stereocenters. The van der Waals surface area contributed by atoms with E-state index >= 15 is 0 Å². The fraction of sp³-hybridized carbons (Fsp3) is 0.532. The standard InChI is InChI=1S/C25H38O5.C22H23ClN6O/c1-6-25(4,5)24(28)30-21-12-15(2)11-17-8-7-16(3)20(23(17)21)10-9-19-13-18(26)14-22(27)29-19;1-2-3-8-20-24-21(23)19(14-30)29(20)13-15-9-11-16(12-10-15)17-6-4-5-7-18(17)22-25-27-28-26-22/h7-8,11,15-16,18-21,23,26H,6,9-10,12-14H2,1-5H3;4-7,9-12,30H,2-3,8,13-14H2,1H3,(H,25,26,27,28)/t15-,16-,18+,19+,20-,21-,23-;/m0./s1. The zero-order valence-electron chi connectivity index (χ0n) is 35.8. The number of imidazole rings is 1. The average molecular weight is 841 g/mol. The van der Waals surface area contributed by atoms with Crippen LogP contribution < -0.4 is 0 Å². The van der Waals surface area contributed by atoms with E-state index in [9.17, 15) is 19.8 Å². The summed E-state index contributed by atoms with van der Waals surface area (Å²) in [6.07, 6.45) is 12.6. The van der Waals surface area contributed by atoms with Gasteiger partial charge in [0.2, 0.25) is 5.82 Å². The number of cyclic esters (lactones) is 1. The Balaban J connectivity index is 0.000000201. The number of carbonyl (C=O) groups is 2. The minimum absolute atomic E-state index is 0.0949. The van der Waals surface area contributed by atoms with Crippen molar-refractivity contribution in [1.29, 1.82) is 0 Å². The van der Waals surface area contributed by atoms with Gasteiger partial charge in [-0.05, 0) is 91.2 Å². The lowest BCUT2D eigenvalue weighted by Gasteiger charge is -2.44. The number of unbranched alkanes of at least 4 members (excludes halogenated alkanes) is 1. The number of halogens is 1. The first-order valence-electron chi connectivity index (χ1n) is 21.6. The first-order chi connectivity index (χ1) is 28.8. The predicted molar refractivity (Wildman–Crippen MR) is 231 cm³/mol. The van der Waals surface area contributed by atoms with Crippen molar-refractivity contribution in [2.75, 3.05) is 0 Å². The van der Waals surface area contributed by atoms with Crippen molar-refractivity contribution < 1.29 is 29.3 Å². The molecule has 2 aliphatic carbocycles. The summed E-state index contributed by atoms with van der Waals surface area (Å²) in [6, 6.07) is 16.3. The monoisotopic (exact) mass is 840 g/mol. The van der Waals surface area contributed by atoms with Crippen molar-refractivity contribution in [3.63, 3.8) is 0 Å². The maximum Gasteiger partial charge on any atom is 0.311 e. The molecule has 3 N–H and O–H groups in total. The third-order valence-corrected chi connectivity index (χ3v) is 12.8. The fourth-order valence-corrected chi connectivity index (χ4v) is 8.88. The molecule has 13 heteroatoms. The van der Waals surface area contributed by atoms with Crippen molar-refractivity contribution >= 4 is 23.5 Å². The quantitative estimate of drug-likeness (QED) is 0.105. The van der Waals surface area contributed by atoms with Crippen LogP contribution in [0, 0.1) is 29.1 Å². The van der Waals surface area contributed by atoms with Gasteiger partial charge in [-0.1, -0.05) is 112 Å². The number of aromatic amines is 1. The van der Waals surface area contributed by atoms with E-state index in [2.05, 4.69) is 88.9 Å². The highest BCUT2D eigenvalue weighted by molar-refractivity contribution is 6.30. The summed E-state index contributed by atoms with van der Waals surface area (Å²) in [6.45, 7) is 12.9. The zero-order valence-corrected chi connectivity index (χ0v) is 36.6. The number of aryl methyl sites for hydroxylation is 1. The highest BCUT2D eigenvalue weighted by Gasteiger charge is 2.43. The van der Waals surface area contributed by atoms with E-state index in [0.717, 1.165) is 73.0 Å². The molecule has 4 aromatic rings. The van der Waals surface area contributed by atoms with Crippen LogP contribution in [-0.2, 0) is 38.6 Å². The minimum atomic E-state index is -0.601. The van der Waals surface area contributed by atoms with Crippen LogP contribution in [0.5, 0.6) is 0 Å². The summed E-state index contributed by atoms with van der Waals surface area (Å²) in [4.78, 5) is 29.0. The Kier molecular flexibility index (Phi) is 15.2. The molecular weight excluding hydrogens is 780 g/mol. The number of allylic oxidation sites excluding steroid dienone is 3. The number of nitrogens with one attached hydrogen (secondary N) is 1. The Labute approximate surface area is 358 Å². The van der Waals surface area contributed by atoms with Crippen molar-refractivity contribution in [3.8, 4) is 22.5 Å². The van der Waals surface area contributed by atoms with Gasteiger partial charge in [0.1, 0.15) is 18.0 Å². The van der Waals surface area contributed by atoms with E-state index in [-0.39, 0.29) is 43.1 Å². The van der Waals surface area contributed by atoms with E-state index in [1.165, 1.54) is 5.57 Å². The number of aromatic nitrogens is 6. The minimum Gasteiger partial charge on any atom is -0.462 e. The van der Waals surface area contributed by atoms with Crippen LogP contribution in [0.3, 0.4) is 0 Å². The van der Waals surface area contributed by atoms with Gasteiger partial charge < -0.3 is 24.3 Å². The molecular formula is C47H61ClN6O6. The maximum absolute atomic E-state index is 12.9. The Morgan fingerprint density at radius 2 is 1.82 bits per heavy atom. The largest absolute Gasteiger partial charge is 0.462 e. The third-order valence-electron chi connectivity index (χ3n) is 12.5. The first kappa shape index (κ1) is 44.9. The Bertz CT molecular complexity index is 2110. The van der Waals surface area contributed by atoms with Gasteiger partial charge in [0.25, 0.3) is 0 Å². The van der Waals surface area contributed by atoms with E-state index in [1.54, 1.807) is 0 Å². The number of hydrogen-bond donors (Lipinski definition) is 3. The Hall–Kier alpha value is -4.65. The molecule has 0 bridgehead atoms. The molecule has 1 saturated heterocycles. The third kappa shape index (κ3) is 10.8. The van der Waals surface area contributed by atoms with Crippen LogP contribution in [0.1, 0.15) is 110 Å². The number of hydrogen-bond acceptors (Lipinski definition) is 10. The van der Waals surface area contributed by atoms with Gasteiger partial charge in [0, 0.05) is 30.9 Å². The summed E-state index contributed by atoms with van der Waals surface area (Å²) in [5.41, 5.74) is 5.58. The number of ether oxygens (including phenoxy) is 2. The van der Waals surface area contributed by atoms with Gasteiger partial charge in [-0.2, -0.15) is 5.21 Å². The van der Waals surface area contributed by atoms with Gasteiger partial charge in [0.15, 0.2) is 5.15 Å². The SMILES string of the molecule is CCC(C)(C)C(=O)O[C@H]1C[C@@H](C)C=C2C=C[C@H](C)[C@H](CC[C@@H]3C[C@@H](O)CC(=O)O3)[C@H]21.CCCCc1nc(Cl)c(CO)n1Cc1ccc(-c2ccccc2-c2nn[nH]n2)cc1. The van der Waals surface area contributed by atoms with Crippen molar-refractivity contribution in [2.45, 2.75) is 131 Å². The number of esters is 2. The van der Waals surface area contributed by atoms with Crippen molar-refractivity contribution in [1.82, 2.24) is 30.2 Å². The molecule has 2 aromatic heterocycles. The van der Waals surface area contributed by atoms with E-state index in [1.807, 2.05) is 49.6 Å². The molecule has 7 rings (SSSR count). The van der Waals surface area contributed by atoms with Crippen LogP contribution in [0.25, 0.3) is 22.5 Å². The van der Waals surface area contributed by atoms with Crippen LogP contribution in [0.15, 0.2) is 72.3 Å². The average Bonchev–Trinajstić information content (AvgIpc) is 3.87. The molecule has 0 amide bonds. The summed E-state index contributed by atoms with van der Waals surface area (Å²) >= 11 is 6.26. The van der Waals surface area contributed by atoms with Crippen LogP contribution in [-0.4, -0.2) is 70.6 Å². The van der Waals surface area contributed by atoms with Crippen molar-refractivity contribution in [3.05, 3.63) is 94.6 Å². The molecule has 0 spiro atoms.